The molecular weight excluding hydrogens is 464 g/mol. The molecule has 2 saturated heterocycles. The third-order valence-corrected chi connectivity index (χ3v) is 6.74. The van der Waals surface area contributed by atoms with Crippen LogP contribution in [-0.2, 0) is 9.59 Å². The molecule has 2 fully saturated rings. The topological polar surface area (TPSA) is 97.8 Å². The lowest BCUT2D eigenvalue weighted by atomic mass is 9.94. The highest BCUT2D eigenvalue weighted by atomic mass is 16.5. The second kappa shape index (κ2) is 10.9. The van der Waals surface area contributed by atoms with Gasteiger partial charge in [-0.15, -0.1) is 0 Å². The summed E-state index contributed by atoms with van der Waals surface area (Å²) in [7, 11) is 6.03. The minimum Gasteiger partial charge on any atom is -0.507 e. The molecule has 1 atom stereocenters. The lowest BCUT2D eigenvalue weighted by molar-refractivity contribution is -0.140. The van der Waals surface area contributed by atoms with Gasteiger partial charge < -0.3 is 33.9 Å². The SMILES string of the molecule is COc1cccc(C(O)=C2C(=O)C(=O)N(CCN3CCCC3)C2c2cc(OC)c(OC)c(OC)c2)c1. The van der Waals surface area contributed by atoms with Gasteiger partial charge in [-0.3, -0.25) is 9.59 Å². The second-order valence-electron chi connectivity index (χ2n) is 8.73. The monoisotopic (exact) mass is 496 g/mol. The second-order valence-corrected chi connectivity index (χ2v) is 8.73. The van der Waals surface area contributed by atoms with E-state index in [2.05, 4.69) is 4.90 Å². The smallest absolute Gasteiger partial charge is 0.295 e. The minimum atomic E-state index is -0.840. The summed E-state index contributed by atoms with van der Waals surface area (Å²) < 4.78 is 21.8. The number of Topliss-reactive ketones (excluding diaryl/α,β-unsaturated/α-hetero) is 1. The van der Waals surface area contributed by atoms with E-state index in [1.54, 1.807) is 36.4 Å². The van der Waals surface area contributed by atoms with Gasteiger partial charge in [0.25, 0.3) is 11.7 Å². The van der Waals surface area contributed by atoms with Crippen molar-refractivity contribution in [3.05, 3.63) is 53.1 Å². The van der Waals surface area contributed by atoms with E-state index in [1.807, 2.05) is 0 Å². The van der Waals surface area contributed by atoms with E-state index in [4.69, 9.17) is 18.9 Å². The molecule has 2 aromatic carbocycles. The lowest BCUT2D eigenvalue weighted by Gasteiger charge is -2.28. The molecule has 192 valence electrons. The fourth-order valence-electron chi connectivity index (χ4n) is 4.90. The van der Waals surface area contributed by atoms with E-state index in [-0.39, 0.29) is 11.3 Å². The molecule has 36 heavy (non-hydrogen) atoms. The summed E-state index contributed by atoms with van der Waals surface area (Å²) in [6.45, 7) is 2.89. The van der Waals surface area contributed by atoms with E-state index < -0.39 is 17.7 Å². The number of likely N-dealkylation sites (tertiary alicyclic amines) is 2. The number of hydrogen-bond acceptors (Lipinski definition) is 8. The number of hydrogen-bond donors (Lipinski definition) is 1. The van der Waals surface area contributed by atoms with Gasteiger partial charge in [0.15, 0.2) is 11.5 Å². The molecule has 0 aliphatic carbocycles. The Labute approximate surface area is 210 Å². The number of carbonyl (C=O) groups excluding carboxylic acids is 2. The fraction of sp³-hybridized carbons (Fsp3) is 0.407. The maximum atomic E-state index is 13.4. The third-order valence-electron chi connectivity index (χ3n) is 6.74. The molecule has 0 radical (unpaired) electrons. The number of amides is 1. The quantitative estimate of drug-likeness (QED) is 0.321. The van der Waals surface area contributed by atoms with Crippen molar-refractivity contribution in [1.82, 2.24) is 9.80 Å². The molecule has 1 N–H and O–H groups in total. The van der Waals surface area contributed by atoms with Crippen LogP contribution in [0.2, 0.25) is 0 Å². The number of rotatable bonds is 9. The highest BCUT2D eigenvalue weighted by Crippen LogP contribution is 2.45. The molecule has 1 amide bonds. The molecule has 0 aromatic heterocycles. The maximum absolute atomic E-state index is 13.4. The zero-order valence-electron chi connectivity index (χ0n) is 21.1. The molecule has 2 heterocycles. The average Bonchev–Trinajstić information content (AvgIpc) is 3.52. The highest BCUT2D eigenvalue weighted by Gasteiger charge is 2.46. The summed E-state index contributed by atoms with van der Waals surface area (Å²) >= 11 is 0. The van der Waals surface area contributed by atoms with Gasteiger partial charge in [0.2, 0.25) is 5.75 Å². The number of carbonyl (C=O) groups is 2. The number of methoxy groups -OCH3 is 4. The fourth-order valence-corrected chi connectivity index (χ4v) is 4.90. The summed E-state index contributed by atoms with van der Waals surface area (Å²) in [5.41, 5.74) is 0.947. The van der Waals surface area contributed by atoms with Gasteiger partial charge in [-0.2, -0.15) is 0 Å². The first-order valence-corrected chi connectivity index (χ1v) is 11.9. The number of aliphatic hydroxyl groups is 1. The molecule has 2 aliphatic heterocycles. The molecule has 0 bridgehead atoms. The molecule has 9 heteroatoms. The number of ether oxygens (including phenoxy) is 4. The van der Waals surface area contributed by atoms with Crippen LogP contribution in [-0.4, -0.2) is 81.2 Å². The summed E-state index contributed by atoms with van der Waals surface area (Å²) in [5, 5.41) is 11.3. The Hall–Kier alpha value is -3.72. The van der Waals surface area contributed by atoms with Gasteiger partial charge in [0, 0.05) is 18.7 Å². The lowest BCUT2D eigenvalue weighted by Crippen LogP contribution is -2.37. The van der Waals surface area contributed by atoms with Crippen molar-refractivity contribution in [3.8, 4) is 23.0 Å². The van der Waals surface area contributed by atoms with Crippen molar-refractivity contribution < 1.29 is 33.6 Å². The Morgan fingerprint density at radius 1 is 0.917 bits per heavy atom. The molecule has 0 spiro atoms. The zero-order valence-corrected chi connectivity index (χ0v) is 21.1. The van der Waals surface area contributed by atoms with Crippen LogP contribution in [0.15, 0.2) is 42.0 Å². The van der Waals surface area contributed by atoms with Crippen LogP contribution in [0.25, 0.3) is 5.76 Å². The van der Waals surface area contributed by atoms with Gasteiger partial charge in [-0.25, -0.2) is 0 Å². The van der Waals surface area contributed by atoms with Crippen LogP contribution < -0.4 is 18.9 Å². The largest absolute Gasteiger partial charge is 0.507 e. The van der Waals surface area contributed by atoms with E-state index in [1.165, 1.54) is 33.3 Å². The van der Waals surface area contributed by atoms with Crippen LogP contribution in [0.3, 0.4) is 0 Å². The van der Waals surface area contributed by atoms with Gasteiger partial charge in [-0.05, 0) is 55.8 Å². The maximum Gasteiger partial charge on any atom is 0.295 e. The average molecular weight is 497 g/mol. The van der Waals surface area contributed by atoms with Crippen LogP contribution in [0.5, 0.6) is 23.0 Å². The van der Waals surface area contributed by atoms with E-state index in [0.717, 1.165) is 25.9 Å². The molecule has 1 unspecified atom stereocenters. The van der Waals surface area contributed by atoms with Crippen molar-refractivity contribution in [2.24, 2.45) is 0 Å². The van der Waals surface area contributed by atoms with Gasteiger partial charge in [-0.1, -0.05) is 12.1 Å². The first kappa shape index (κ1) is 25.4. The van der Waals surface area contributed by atoms with Crippen LogP contribution in [0.4, 0.5) is 0 Å². The predicted octanol–water partition coefficient (Wildman–Crippen LogP) is 3.24. The number of benzene rings is 2. The number of nitrogens with zero attached hydrogens (tertiary/aromatic N) is 2. The summed E-state index contributed by atoms with van der Waals surface area (Å²) in [6.07, 6.45) is 2.23. The van der Waals surface area contributed by atoms with Crippen molar-refractivity contribution >= 4 is 17.4 Å². The summed E-state index contributed by atoms with van der Waals surface area (Å²) in [5.74, 6) is 0.0245. The van der Waals surface area contributed by atoms with Crippen molar-refractivity contribution in [1.29, 1.82) is 0 Å². The first-order valence-electron chi connectivity index (χ1n) is 11.9. The van der Waals surface area contributed by atoms with Crippen LogP contribution in [0.1, 0.15) is 30.0 Å². The van der Waals surface area contributed by atoms with Gasteiger partial charge in [0.05, 0.1) is 40.1 Å². The predicted molar refractivity (Wildman–Crippen MR) is 134 cm³/mol. The third kappa shape index (κ3) is 4.70. The standard InChI is InChI=1S/C27H32N2O7/c1-33-19-9-7-8-17(14-19)24(30)22-23(18-15-20(34-2)26(36-4)21(16-18)35-3)29(27(32)25(22)31)13-12-28-10-5-6-11-28/h7-9,14-16,23,30H,5-6,10-13H2,1-4H3. The van der Waals surface area contributed by atoms with Crippen molar-refractivity contribution in [2.75, 3.05) is 54.6 Å². The van der Waals surface area contributed by atoms with Gasteiger partial charge in [0.1, 0.15) is 11.5 Å². The van der Waals surface area contributed by atoms with E-state index in [9.17, 15) is 14.7 Å². The van der Waals surface area contributed by atoms with Crippen LogP contribution >= 0.6 is 0 Å². The van der Waals surface area contributed by atoms with Crippen LogP contribution in [0, 0.1) is 0 Å². The van der Waals surface area contributed by atoms with Crippen molar-refractivity contribution in [2.45, 2.75) is 18.9 Å². The zero-order chi connectivity index (χ0) is 25.8. The number of aliphatic hydroxyl groups excluding tert-OH is 1. The highest BCUT2D eigenvalue weighted by molar-refractivity contribution is 6.46. The normalized spacial score (nSPS) is 19.6. The Balaban J connectivity index is 1.86. The van der Waals surface area contributed by atoms with E-state index >= 15 is 0 Å². The molecule has 2 aromatic rings. The first-order chi connectivity index (χ1) is 17.4. The Bertz CT molecular complexity index is 1150. The van der Waals surface area contributed by atoms with Crippen molar-refractivity contribution in [3.63, 3.8) is 0 Å². The minimum absolute atomic E-state index is 0.00366. The Morgan fingerprint density at radius 2 is 1.58 bits per heavy atom. The molecular formula is C27H32N2O7. The summed E-state index contributed by atoms with van der Waals surface area (Å²) in [6, 6.07) is 9.32. The molecule has 2 aliphatic rings. The molecule has 9 nitrogen and oxygen atoms in total. The Morgan fingerprint density at radius 3 is 2.17 bits per heavy atom. The van der Waals surface area contributed by atoms with E-state index in [0.29, 0.717) is 47.2 Å². The molecule has 0 saturated carbocycles. The number of ketones is 1. The summed E-state index contributed by atoms with van der Waals surface area (Å²) in [4.78, 5) is 30.4. The molecule has 4 rings (SSSR count). The Kier molecular flexibility index (Phi) is 7.69. The van der Waals surface area contributed by atoms with Gasteiger partial charge >= 0.3 is 0 Å².